The Hall–Kier alpha value is -1.59. The van der Waals surface area contributed by atoms with Crippen LogP contribution in [0.5, 0.6) is 0 Å². The van der Waals surface area contributed by atoms with Crippen LogP contribution in [0.4, 0.5) is 0 Å². The molecule has 1 aliphatic carbocycles. The molecule has 6 heteroatoms. The average Bonchev–Trinajstić information content (AvgIpc) is 2.87. The molecule has 114 valence electrons. The number of amides is 2. The molecule has 6 nitrogen and oxygen atoms in total. The topological polar surface area (TPSA) is 95.5 Å². The molecule has 1 saturated carbocycles. The minimum Gasteiger partial charge on any atom is -0.481 e. The van der Waals surface area contributed by atoms with Crippen LogP contribution in [0.2, 0.25) is 0 Å². The van der Waals surface area contributed by atoms with Crippen molar-refractivity contribution in [1.82, 2.24) is 10.6 Å². The zero-order valence-electron chi connectivity index (χ0n) is 12.1. The number of aliphatic carboxylic acids is 1. The SMILES string of the molecule is CCCNC(=O)CNC(=O)C1CC(CC)CC1C(=O)O. The van der Waals surface area contributed by atoms with Crippen LogP contribution in [0, 0.1) is 17.8 Å². The summed E-state index contributed by atoms with van der Waals surface area (Å²) in [6, 6.07) is 0. The van der Waals surface area contributed by atoms with Crippen molar-refractivity contribution < 1.29 is 19.5 Å². The fraction of sp³-hybridized carbons (Fsp3) is 0.786. The third-order valence-electron chi connectivity index (χ3n) is 3.89. The molecule has 0 heterocycles. The number of nitrogens with one attached hydrogen (secondary N) is 2. The van der Waals surface area contributed by atoms with Crippen molar-refractivity contribution in [3.63, 3.8) is 0 Å². The molecule has 0 aliphatic heterocycles. The number of hydrogen-bond acceptors (Lipinski definition) is 3. The van der Waals surface area contributed by atoms with E-state index in [2.05, 4.69) is 10.6 Å². The Morgan fingerprint density at radius 1 is 1.10 bits per heavy atom. The second kappa shape index (κ2) is 7.87. The summed E-state index contributed by atoms with van der Waals surface area (Å²) in [7, 11) is 0. The van der Waals surface area contributed by atoms with Gasteiger partial charge in [-0.1, -0.05) is 20.3 Å². The third-order valence-corrected chi connectivity index (χ3v) is 3.89. The highest BCUT2D eigenvalue weighted by Crippen LogP contribution is 2.38. The Morgan fingerprint density at radius 2 is 1.75 bits per heavy atom. The Kier molecular flexibility index (Phi) is 6.48. The summed E-state index contributed by atoms with van der Waals surface area (Å²) in [6.07, 6.45) is 2.86. The van der Waals surface area contributed by atoms with E-state index in [4.69, 9.17) is 0 Å². The summed E-state index contributed by atoms with van der Waals surface area (Å²) in [4.78, 5) is 34.7. The second-order valence-corrected chi connectivity index (χ2v) is 5.36. The lowest BCUT2D eigenvalue weighted by molar-refractivity contribution is -0.146. The van der Waals surface area contributed by atoms with Gasteiger partial charge in [-0.05, 0) is 25.2 Å². The molecule has 0 spiro atoms. The molecule has 0 radical (unpaired) electrons. The van der Waals surface area contributed by atoms with Crippen LogP contribution in [0.25, 0.3) is 0 Å². The number of hydrogen-bond donors (Lipinski definition) is 3. The molecule has 0 aromatic heterocycles. The molecule has 20 heavy (non-hydrogen) atoms. The fourth-order valence-electron chi connectivity index (χ4n) is 2.66. The van der Waals surface area contributed by atoms with Gasteiger partial charge in [0, 0.05) is 6.54 Å². The monoisotopic (exact) mass is 284 g/mol. The standard InChI is InChI=1S/C14H24N2O4/c1-3-5-15-12(17)8-16-13(18)10-6-9(4-2)7-11(10)14(19)20/h9-11H,3-8H2,1-2H3,(H,15,17)(H,16,18)(H,19,20). The molecule has 3 N–H and O–H groups in total. The largest absolute Gasteiger partial charge is 0.481 e. The molecule has 0 aromatic rings. The molecule has 2 amide bonds. The Balaban J connectivity index is 2.48. The van der Waals surface area contributed by atoms with Crippen molar-refractivity contribution in [3.05, 3.63) is 0 Å². The maximum Gasteiger partial charge on any atom is 0.307 e. The first-order valence-corrected chi connectivity index (χ1v) is 7.26. The van der Waals surface area contributed by atoms with E-state index >= 15 is 0 Å². The van der Waals surface area contributed by atoms with E-state index in [9.17, 15) is 19.5 Å². The first-order chi connectivity index (χ1) is 9.49. The highest BCUT2D eigenvalue weighted by atomic mass is 16.4. The average molecular weight is 284 g/mol. The van der Waals surface area contributed by atoms with Crippen LogP contribution in [0.3, 0.4) is 0 Å². The van der Waals surface area contributed by atoms with E-state index < -0.39 is 17.8 Å². The van der Waals surface area contributed by atoms with Gasteiger partial charge in [0.2, 0.25) is 11.8 Å². The summed E-state index contributed by atoms with van der Waals surface area (Å²) < 4.78 is 0. The van der Waals surface area contributed by atoms with Gasteiger partial charge in [0.05, 0.1) is 18.4 Å². The van der Waals surface area contributed by atoms with Gasteiger partial charge < -0.3 is 15.7 Å². The minimum atomic E-state index is -0.920. The smallest absolute Gasteiger partial charge is 0.307 e. The second-order valence-electron chi connectivity index (χ2n) is 5.36. The molecule has 1 fully saturated rings. The Bertz CT molecular complexity index is 370. The third kappa shape index (κ3) is 4.51. The van der Waals surface area contributed by atoms with Crippen LogP contribution in [-0.4, -0.2) is 36.0 Å². The predicted octanol–water partition coefficient (Wildman–Crippen LogP) is 0.766. The lowest BCUT2D eigenvalue weighted by atomic mass is 9.95. The summed E-state index contributed by atoms with van der Waals surface area (Å²) in [5.41, 5.74) is 0. The van der Waals surface area contributed by atoms with Crippen LogP contribution >= 0.6 is 0 Å². The fourth-order valence-corrected chi connectivity index (χ4v) is 2.66. The normalized spacial score (nSPS) is 25.2. The van der Waals surface area contributed by atoms with Gasteiger partial charge >= 0.3 is 5.97 Å². The quantitative estimate of drug-likeness (QED) is 0.643. The molecule has 0 bridgehead atoms. The molecule has 1 rings (SSSR count). The zero-order chi connectivity index (χ0) is 15.1. The van der Waals surface area contributed by atoms with Crippen LogP contribution in [0.15, 0.2) is 0 Å². The van der Waals surface area contributed by atoms with Gasteiger partial charge in [-0.25, -0.2) is 0 Å². The van der Waals surface area contributed by atoms with Gasteiger partial charge in [-0.2, -0.15) is 0 Å². The highest BCUT2D eigenvalue weighted by Gasteiger charge is 2.42. The van der Waals surface area contributed by atoms with Crippen LogP contribution < -0.4 is 10.6 Å². The molecular formula is C14H24N2O4. The van der Waals surface area contributed by atoms with Crippen molar-refractivity contribution in [2.24, 2.45) is 17.8 Å². The molecule has 3 unspecified atom stereocenters. The predicted molar refractivity (Wildman–Crippen MR) is 73.9 cm³/mol. The van der Waals surface area contributed by atoms with E-state index in [1.165, 1.54) is 0 Å². The van der Waals surface area contributed by atoms with E-state index in [0.29, 0.717) is 19.4 Å². The molecule has 1 aliphatic rings. The number of carboxylic acid groups (broad SMARTS) is 1. The van der Waals surface area contributed by atoms with Crippen LogP contribution in [0.1, 0.15) is 39.5 Å². The summed E-state index contributed by atoms with van der Waals surface area (Å²) in [5, 5.41) is 14.4. The Labute approximate surface area is 119 Å². The first-order valence-electron chi connectivity index (χ1n) is 7.26. The van der Waals surface area contributed by atoms with E-state index in [-0.39, 0.29) is 24.3 Å². The van der Waals surface area contributed by atoms with Crippen molar-refractivity contribution in [1.29, 1.82) is 0 Å². The van der Waals surface area contributed by atoms with Gasteiger partial charge in [-0.3, -0.25) is 14.4 Å². The van der Waals surface area contributed by atoms with E-state index in [1.807, 2.05) is 13.8 Å². The molecule has 0 aromatic carbocycles. The summed E-state index contributed by atoms with van der Waals surface area (Å²) >= 11 is 0. The maximum absolute atomic E-state index is 12.0. The zero-order valence-corrected chi connectivity index (χ0v) is 12.1. The van der Waals surface area contributed by atoms with Crippen molar-refractivity contribution in [3.8, 4) is 0 Å². The van der Waals surface area contributed by atoms with Gasteiger partial charge in [0.15, 0.2) is 0 Å². The number of rotatable bonds is 7. The molecule has 3 atom stereocenters. The highest BCUT2D eigenvalue weighted by molar-refractivity contribution is 5.88. The Morgan fingerprint density at radius 3 is 2.30 bits per heavy atom. The van der Waals surface area contributed by atoms with E-state index in [1.54, 1.807) is 0 Å². The number of carboxylic acids is 1. The van der Waals surface area contributed by atoms with Crippen LogP contribution in [-0.2, 0) is 14.4 Å². The van der Waals surface area contributed by atoms with E-state index in [0.717, 1.165) is 12.8 Å². The van der Waals surface area contributed by atoms with Crippen molar-refractivity contribution >= 4 is 17.8 Å². The van der Waals surface area contributed by atoms with Gasteiger partial charge in [0.25, 0.3) is 0 Å². The van der Waals surface area contributed by atoms with Gasteiger partial charge in [-0.15, -0.1) is 0 Å². The molecule has 0 saturated heterocycles. The van der Waals surface area contributed by atoms with Crippen molar-refractivity contribution in [2.75, 3.05) is 13.1 Å². The first kappa shape index (κ1) is 16.5. The summed E-state index contributed by atoms with van der Waals surface area (Å²) in [6.45, 7) is 4.44. The van der Waals surface area contributed by atoms with Gasteiger partial charge in [0.1, 0.15) is 0 Å². The summed E-state index contributed by atoms with van der Waals surface area (Å²) in [5.74, 6) is -2.34. The lowest BCUT2D eigenvalue weighted by Gasteiger charge is -2.15. The number of carbonyl (C=O) groups excluding carboxylic acids is 2. The number of carbonyl (C=O) groups is 3. The maximum atomic E-state index is 12.0. The molecular weight excluding hydrogens is 260 g/mol. The van der Waals surface area contributed by atoms with Crippen molar-refractivity contribution in [2.45, 2.75) is 39.5 Å². The lowest BCUT2D eigenvalue weighted by Crippen LogP contribution is -2.41. The minimum absolute atomic E-state index is 0.0849.